The Bertz CT molecular complexity index is 408. The number of aromatic nitrogens is 2. The van der Waals surface area contributed by atoms with Gasteiger partial charge in [-0.3, -0.25) is 0 Å². The van der Waals surface area contributed by atoms with Gasteiger partial charge in [-0.2, -0.15) is 4.98 Å². The predicted octanol–water partition coefficient (Wildman–Crippen LogP) is 3.03. The maximum absolute atomic E-state index is 5.18. The van der Waals surface area contributed by atoms with Crippen molar-refractivity contribution >= 4 is 5.95 Å². The number of nitrogens with zero attached hydrogens (tertiary/aromatic N) is 2. The largest absolute Gasteiger partial charge is 0.481 e. The van der Waals surface area contributed by atoms with Crippen LogP contribution in [0.25, 0.3) is 0 Å². The summed E-state index contributed by atoms with van der Waals surface area (Å²) in [6.07, 6.45) is 3.76. The first-order valence-electron chi connectivity index (χ1n) is 6.74. The molecule has 1 aliphatic carbocycles. The van der Waals surface area contributed by atoms with E-state index < -0.39 is 0 Å². The maximum atomic E-state index is 5.18. The fourth-order valence-corrected chi connectivity index (χ4v) is 2.75. The normalized spacial score (nSPS) is 27.9. The van der Waals surface area contributed by atoms with Gasteiger partial charge in [-0.25, -0.2) is 4.98 Å². The molecule has 0 radical (unpaired) electrons. The first kappa shape index (κ1) is 13.1. The summed E-state index contributed by atoms with van der Waals surface area (Å²) in [7, 11) is 1.64. The molecule has 3 unspecified atom stereocenters. The van der Waals surface area contributed by atoms with Crippen LogP contribution < -0.4 is 10.1 Å². The van der Waals surface area contributed by atoms with Crippen LogP contribution in [0.3, 0.4) is 0 Å². The Balaban J connectivity index is 2.06. The van der Waals surface area contributed by atoms with Crippen molar-refractivity contribution in [3.05, 3.63) is 11.8 Å². The van der Waals surface area contributed by atoms with Gasteiger partial charge in [0, 0.05) is 17.8 Å². The molecule has 1 fully saturated rings. The summed E-state index contributed by atoms with van der Waals surface area (Å²) in [6, 6.07) is 2.32. The SMILES string of the molecule is COc1cc(C)nc(NC2CCC(C)CC2C)n1. The molecule has 4 heteroatoms. The Labute approximate surface area is 109 Å². The smallest absolute Gasteiger partial charge is 0.226 e. The third kappa shape index (κ3) is 3.12. The number of aryl methyl sites for hydroxylation is 1. The first-order chi connectivity index (χ1) is 8.58. The molecule has 1 aromatic heterocycles. The van der Waals surface area contributed by atoms with Crippen LogP contribution in [-0.4, -0.2) is 23.1 Å². The fourth-order valence-electron chi connectivity index (χ4n) is 2.75. The molecule has 1 heterocycles. The average Bonchev–Trinajstić information content (AvgIpc) is 2.32. The van der Waals surface area contributed by atoms with Crippen molar-refractivity contribution < 1.29 is 4.74 Å². The van der Waals surface area contributed by atoms with Crippen molar-refractivity contribution in [2.24, 2.45) is 11.8 Å². The third-order valence-electron chi connectivity index (χ3n) is 3.79. The Kier molecular flexibility index (Phi) is 4.04. The molecule has 0 amide bonds. The van der Waals surface area contributed by atoms with Gasteiger partial charge in [0.25, 0.3) is 0 Å². The second kappa shape index (κ2) is 5.55. The Hall–Kier alpha value is -1.32. The molecule has 1 aliphatic rings. The zero-order valence-electron chi connectivity index (χ0n) is 11.7. The number of hydrogen-bond acceptors (Lipinski definition) is 4. The minimum Gasteiger partial charge on any atom is -0.481 e. The van der Waals surface area contributed by atoms with Gasteiger partial charge in [0.15, 0.2) is 0 Å². The van der Waals surface area contributed by atoms with Crippen LogP contribution in [0.1, 0.15) is 38.8 Å². The van der Waals surface area contributed by atoms with E-state index in [0.717, 1.165) is 11.6 Å². The molecule has 1 N–H and O–H groups in total. The highest BCUT2D eigenvalue weighted by Crippen LogP contribution is 2.30. The van der Waals surface area contributed by atoms with E-state index in [9.17, 15) is 0 Å². The number of anilines is 1. The molecule has 100 valence electrons. The predicted molar refractivity (Wildman–Crippen MR) is 72.9 cm³/mol. The van der Waals surface area contributed by atoms with Crippen molar-refractivity contribution in [2.75, 3.05) is 12.4 Å². The maximum Gasteiger partial charge on any atom is 0.226 e. The van der Waals surface area contributed by atoms with Crippen LogP contribution in [0.15, 0.2) is 6.07 Å². The summed E-state index contributed by atoms with van der Waals surface area (Å²) < 4.78 is 5.18. The van der Waals surface area contributed by atoms with Crippen molar-refractivity contribution in [2.45, 2.75) is 46.1 Å². The highest BCUT2D eigenvalue weighted by molar-refractivity contribution is 5.32. The molecule has 1 saturated carbocycles. The van der Waals surface area contributed by atoms with Crippen LogP contribution in [0.2, 0.25) is 0 Å². The summed E-state index contributed by atoms with van der Waals surface area (Å²) in [5.74, 6) is 2.83. The molecule has 18 heavy (non-hydrogen) atoms. The van der Waals surface area contributed by atoms with E-state index in [-0.39, 0.29) is 0 Å². The number of ether oxygens (including phenoxy) is 1. The average molecular weight is 249 g/mol. The number of rotatable bonds is 3. The van der Waals surface area contributed by atoms with Crippen LogP contribution in [-0.2, 0) is 0 Å². The standard InChI is InChI=1S/C14H23N3O/c1-9-5-6-12(10(2)7-9)16-14-15-11(3)8-13(17-14)18-4/h8-10,12H,5-7H2,1-4H3,(H,15,16,17). The molecule has 2 rings (SSSR count). The number of nitrogens with one attached hydrogen (secondary N) is 1. The van der Waals surface area contributed by atoms with Gasteiger partial charge in [0.05, 0.1) is 7.11 Å². The summed E-state index contributed by atoms with van der Waals surface area (Å²) in [4.78, 5) is 8.78. The Morgan fingerprint density at radius 1 is 1.28 bits per heavy atom. The monoisotopic (exact) mass is 249 g/mol. The van der Waals surface area contributed by atoms with Crippen LogP contribution in [0, 0.1) is 18.8 Å². The molecule has 1 aromatic rings. The highest BCUT2D eigenvalue weighted by Gasteiger charge is 2.25. The van der Waals surface area contributed by atoms with E-state index >= 15 is 0 Å². The lowest BCUT2D eigenvalue weighted by Crippen LogP contribution is -2.33. The molecule has 0 saturated heterocycles. The topological polar surface area (TPSA) is 47.0 Å². The quantitative estimate of drug-likeness (QED) is 0.894. The van der Waals surface area contributed by atoms with Gasteiger partial charge in [-0.05, 0) is 38.0 Å². The van der Waals surface area contributed by atoms with E-state index in [1.54, 1.807) is 7.11 Å². The molecule has 4 nitrogen and oxygen atoms in total. The fraction of sp³-hybridized carbons (Fsp3) is 0.714. The summed E-state index contributed by atoms with van der Waals surface area (Å²) in [5.41, 5.74) is 0.932. The molecular formula is C14H23N3O. The van der Waals surface area contributed by atoms with Crippen molar-refractivity contribution in [1.29, 1.82) is 0 Å². The molecule has 0 aliphatic heterocycles. The zero-order chi connectivity index (χ0) is 13.1. The second-order valence-corrected chi connectivity index (χ2v) is 5.52. The molecule has 0 spiro atoms. The summed E-state index contributed by atoms with van der Waals surface area (Å²) in [6.45, 7) is 6.60. The van der Waals surface area contributed by atoms with Crippen molar-refractivity contribution in [3.8, 4) is 5.88 Å². The second-order valence-electron chi connectivity index (χ2n) is 5.52. The van der Waals surface area contributed by atoms with E-state index in [0.29, 0.717) is 23.8 Å². The Morgan fingerprint density at radius 2 is 2.06 bits per heavy atom. The summed E-state index contributed by atoms with van der Waals surface area (Å²) in [5, 5.41) is 3.46. The van der Waals surface area contributed by atoms with Gasteiger partial charge in [-0.1, -0.05) is 13.8 Å². The molecule has 3 atom stereocenters. The van der Waals surface area contributed by atoms with E-state index in [1.807, 2.05) is 13.0 Å². The number of methoxy groups -OCH3 is 1. The minimum absolute atomic E-state index is 0.479. The van der Waals surface area contributed by atoms with Gasteiger partial charge in [-0.15, -0.1) is 0 Å². The van der Waals surface area contributed by atoms with Crippen LogP contribution in [0.4, 0.5) is 5.95 Å². The minimum atomic E-state index is 0.479. The highest BCUT2D eigenvalue weighted by atomic mass is 16.5. The van der Waals surface area contributed by atoms with Gasteiger partial charge < -0.3 is 10.1 Å². The first-order valence-corrected chi connectivity index (χ1v) is 6.74. The lowest BCUT2D eigenvalue weighted by Gasteiger charge is -2.33. The number of hydrogen-bond donors (Lipinski definition) is 1. The Morgan fingerprint density at radius 3 is 2.72 bits per heavy atom. The lowest BCUT2D eigenvalue weighted by molar-refractivity contribution is 0.275. The van der Waals surface area contributed by atoms with Gasteiger partial charge >= 0.3 is 0 Å². The van der Waals surface area contributed by atoms with E-state index in [4.69, 9.17) is 4.74 Å². The molecule has 0 aromatic carbocycles. The lowest BCUT2D eigenvalue weighted by atomic mass is 9.80. The van der Waals surface area contributed by atoms with Crippen molar-refractivity contribution in [1.82, 2.24) is 9.97 Å². The zero-order valence-corrected chi connectivity index (χ0v) is 11.7. The van der Waals surface area contributed by atoms with Gasteiger partial charge in [0.2, 0.25) is 11.8 Å². The molecule has 0 bridgehead atoms. The summed E-state index contributed by atoms with van der Waals surface area (Å²) >= 11 is 0. The third-order valence-corrected chi connectivity index (χ3v) is 3.79. The van der Waals surface area contributed by atoms with Gasteiger partial charge in [0.1, 0.15) is 0 Å². The van der Waals surface area contributed by atoms with Crippen LogP contribution >= 0.6 is 0 Å². The van der Waals surface area contributed by atoms with Crippen molar-refractivity contribution in [3.63, 3.8) is 0 Å². The van der Waals surface area contributed by atoms with E-state index in [1.165, 1.54) is 19.3 Å². The van der Waals surface area contributed by atoms with E-state index in [2.05, 4.69) is 29.1 Å². The van der Waals surface area contributed by atoms with Crippen LogP contribution in [0.5, 0.6) is 5.88 Å². The molecular weight excluding hydrogens is 226 g/mol.